The Hall–Kier alpha value is -1.62. The highest BCUT2D eigenvalue weighted by Gasteiger charge is 2.28. The van der Waals surface area contributed by atoms with Gasteiger partial charge < -0.3 is 9.47 Å². The molecule has 0 radical (unpaired) electrons. The summed E-state index contributed by atoms with van der Waals surface area (Å²) in [6.07, 6.45) is 1.07. The molecule has 0 spiro atoms. The zero-order chi connectivity index (χ0) is 12.4. The monoisotopic (exact) mass is 296 g/mol. The molecule has 1 aliphatic rings. The minimum absolute atomic E-state index is 0.00319. The van der Waals surface area contributed by atoms with E-state index in [1.165, 1.54) is 0 Å². The van der Waals surface area contributed by atoms with Crippen LogP contribution in [0.1, 0.15) is 17.3 Å². The highest BCUT2D eigenvalue weighted by atomic mass is 79.9. The van der Waals surface area contributed by atoms with Gasteiger partial charge in [0.15, 0.2) is 5.76 Å². The average molecular weight is 297 g/mol. The van der Waals surface area contributed by atoms with Gasteiger partial charge in [0.1, 0.15) is 5.75 Å². The van der Waals surface area contributed by atoms with Crippen molar-refractivity contribution in [2.45, 2.75) is 6.92 Å². The van der Waals surface area contributed by atoms with Crippen molar-refractivity contribution in [3.63, 3.8) is 0 Å². The number of hydrogen-bond acceptors (Lipinski definition) is 4. The van der Waals surface area contributed by atoms with Gasteiger partial charge in [0.2, 0.25) is 5.78 Å². The second kappa shape index (κ2) is 4.71. The Labute approximate surface area is 106 Å². The standard InChI is InChI=1S/C12H9BrO4/c1-2-16-11(14)6-10-12(15)8-5-7(13)3-4-9(8)17-10/h3-6H,2H2,1H3/b10-6-. The Morgan fingerprint density at radius 3 is 3.00 bits per heavy atom. The zero-order valence-electron chi connectivity index (χ0n) is 9.03. The smallest absolute Gasteiger partial charge is 0.334 e. The molecule has 88 valence electrons. The molecule has 1 heterocycles. The fraction of sp³-hybridized carbons (Fsp3) is 0.167. The Kier molecular flexibility index (Phi) is 3.28. The number of esters is 1. The van der Waals surface area contributed by atoms with E-state index in [2.05, 4.69) is 15.9 Å². The fourth-order valence-corrected chi connectivity index (χ4v) is 1.81. The number of carbonyl (C=O) groups excluding carboxylic acids is 2. The molecule has 0 bridgehead atoms. The summed E-state index contributed by atoms with van der Waals surface area (Å²) in [4.78, 5) is 23.1. The number of allylic oxidation sites excluding steroid dienone is 1. The van der Waals surface area contributed by atoms with Gasteiger partial charge in [0, 0.05) is 4.47 Å². The van der Waals surface area contributed by atoms with Crippen molar-refractivity contribution in [2.24, 2.45) is 0 Å². The van der Waals surface area contributed by atoms with Gasteiger partial charge in [-0.3, -0.25) is 4.79 Å². The summed E-state index contributed by atoms with van der Waals surface area (Å²) in [6, 6.07) is 5.09. The minimum atomic E-state index is -0.581. The Balaban J connectivity index is 2.28. The topological polar surface area (TPSA) is 52.6 Å². The first-order chi connectivity index (χ1) is 8.11. The summed E-state index contributed by atoms with van der Waals surface area (Å²) in [5.41, 5.74) is 0.440. The van der Waals surface area contributed by atoms with Gasteiger partial charge in [-0.1, -0.05) is 15.9 Å². The average Bonchev–Trinajstić information content (AvgIpc) is 2.57. The van der Waals surface area contributed by atoms with Crippen molar-refractivity contribution in [3.05, 3.63) is 40.1 Å². The van der Waals surface area contributed by atoms with E-state index < -0.39 is 5.97 Å². The van der Waals surface area contributed by atoms with Crippen molar-refractivity contribution in [3.8, 4) is 5.75 Å². The van der Waals surface area contributed by atoms with E-state index in [9.17, 15) is 9.59 Å². The number of ether oxygens (including phenoxy) is 2. The molecule has 0 saturated carbocycles. The maximum Gasteiger partial charge on any atom is 0.334 e. The number of carbonyl (C=O) groups is 2. The summed E-state index contributed by atoms with van der Waals surface area (Å²) in [5, 5.41) is 0. The van der Waals surface area contributed by atoms with Crippen LogP contribution in [0.4, 0.5) is 0 Å². The van der Waals surface area contributed by atoms with Crippen LogP contribution >= 0.6 is 15.9 Å². The summed E-state index contributed by atoms with van der Waals surface area (Å²) >= 11 is 3.27. The quantitative estimate of drug-likeness (QED) is 0.621. The first-order valence-electron chi connectivity index (χ1n) is 5.02. The number of ketones is 1. The van der Waals surface area contributed by atoms with Crippen LogP contribution in [0.25, 0.3) is 0 Å². The fourth-order valence-electron chi connectivity index (χ4n) is 1.45. The molecule has 1 aromatic carbocycles. The molecule has 0 aromatic heterocycles. The largest absolute Gasteiger partial charge is 0.463 e. The minimum Gasteiger partial charge on any atom is -0.463 e. The van der Waals surface area contributed by atoms with Gasteiger partial charge in [0.05, 0.1) is 18.2 Å². The Bertz CT molecular complexity index is 519. The summed E-state index contributed by atoms with van der Waals surface area (Å²) in [5.74, 6) is -0.442. The molecule has 4 nitrogen and oxygen atoms in total. The predicted molar refractivity (Wildman–Crippen MR) is 63.8 cm³/mol. The van der Waals surface area contributed by atoms with Crippen LogP contribution in [0, 0.1) is 0 Å². The van der Waals surface area contributed by atoms with Gasteiger partial charge in [-0.05, 0) is 25.1 Å². The van der Waals surface area contributed by atoms with E-state index in [4.69, 9.17) is 9.47 Å². The van der Waals surface area contributed by atoms with E-state index >= 15 is 0 Å². The molecular weight excluding hydrogens is 288 g/mol. The second-order valence-corrected chi connectivity index (χ2v) is 4.25. The molecule has 0 saturated heterocycles. The highest BCUT2D eigenvalue weighted by Crippen LogP contribution is 2.32. The lowest BCUT2D eigenvalue weighted by molar-refractivity contribution is -0.137. The van der Waals surface area contributed by atoms with Crippen LogP contribution in [0.3, 0.4) is 0 Å². The lowest BCUT2D eigenvalue weighted by Crippen LogP contribution is -2.06. The van der Waals surface area contributed by atoms with Gasteiger partial charge >= 0.3 is 5.97 Å². The Morgan fingerprint density at radius 2 is 2.29 bits per heavy atom. The summed E-state index contributed by atoms with van der Waals surface area (Å²) in [7, 11) is 0. The normalized spacial score (nSPS) is 15.6. The van der Waals surface area contributed by atoms with Gasteiger partial charge in [-0.15, -0.1) is 0 Å². The lowest BCUT2D eigenvalue weighted by Gasteiger charge is -1.98. The summed E-state index contributed by atoms with van der Waals surface area (Å²) in [6.45, 7) is 1.95. The van der Waals surface area contributed by atoms with E-state index in [0.717, 1.165) is 10.5 Å². The SMILES string of the molecule is CCOC(=O)/C=C1\Oc2ccc(Br)cc2C1=O. The predicted octanol–water partition coefficient (Wildman–Crippen LogP) is 2.47. The van der Waals surface area contributed by atoms with Crippen LogP contribution in [0.2, 0.25) is 0 Å². The molecule has 0 unspecified atom stereocenters. The molecule has 0 aliphatic carbocycles. The first-order valence-corrected chi connectivity index (χ1v) is 5.81. The molecule has 0 fully saturated rings. The van der Waals surface area contributed by atoms with Gasteiger partial charge in [-0.2, -0.15) is 0 Å². The maximum absolute atomic E-state index is 11.9. The van der Waals surface area contributed by atoms with E-state index in [1.54, 1.807) is 25.1 Å². The molecule has 0 amide bonds. The third-order valence-electron chi connectivity index (χ3n) is 2.17. The molecule has 17 heavy (non-hydrogen) atoms. The third-order valence-corrected chi connectivity index (χ3v) is 2.66. The summed E-state index contributed by atoms with van der Waals surface area (Å²) < 4.78 is 10.8. The number of fused-ring (bicyclic) bond motifs is 1. The van der Waals surface area contributed by atoms with Crippen LogP contribution in [-0.4, -0.2) is 18.4 Å². The Morgan fingerprint density at radius 1 is 1.53 bits per heavy atom. The van der Waals surface area contributed by atoms with Crippen molar-refractivity contribution in [2.75, 3.05) is 6.61 Å². The zero-order valence-corrected chi connectivity index (χ0v) is 10.6. The number of halogens is 1. The first kappa shape index (κ1) is 11.9. The van der Waals surface area contributed by atoms with Gasteiger partial charge in [0.25, 0.3) is 0 Å². The van der Waals surface area contributed by atoms with Crippen LogP contribution in [0.5, 0.6) is 5.75 Å². The van der Waals surface area contributed by atoms with Crippen molar-refractivity contribution in [1.29, 1.82) is 0 Å². The molecule has 5 heteroatoms. The van der Waals surface area contributed by atoms with Gasteiger partial charge in [-0.25, -0.2) is 4.79 Å². The molecule has 2 rings (SSSR count). The number of benzene rings is 1. The third kappa shape index (κ3) is 2.39. The van der Waals surface area contributed by atoms with Crippen LogP contribution < -0.4 is 4.74 Å². The van der Waals surface area contributed by atoms with Crippen LogP contribution in [-0.2, 0) is 9.53 Å². The lowest BCUT2D eigenvalue weighted by atomic mass is 10.1. The van der Waals surface area contributed by atoms with E-state index in [1.807, 2.05) is 0 Å². The molecule has 0 N–H and O–H groups in total. The molecule has 0 atom stereocenters. The highest BCUT2D eigenvalue weighted by molar-refractivity contribution is 9.10. The number of Topliss-reactive ketones (excluding diaryl/α,β-unsaturated/α-hetero) is 1. The number of rotatable bonds is 2. The van der Waals surface area contributed by atoms with Crippen LogP contribution in [0.15, 0.2) is 34.5 Å². The van der Waals surface area contributed by atoms with E-state index in [0.29, 0.717) is 11.3 Å². The molecular formula is C12H9BrO4. The van der Waals surface area contributed by atoms with Crippen molar-refractivity contribution < 1.29 is 19.1 Å². The molecule has 1 aliphatic heterocycles. The maximum atomic E-state index is 11.9. The molecule has 1 aromatic rings. The van der Waals surface area contributed by atoms with E-state index in [-0.39, 0.29) is 18.1 Å². The number of hydrogen-bond donors (Lipinski definition) is 0. The van der Waals surface area contributed by atoms with Crippen molar-refractivity contribution in [1.82, 2.24) is 0 Å². The second-order valence-electron chi connectivity index (χ2n) is 3.33. The van der Waals surface area contributed by atoms with Crippen molar-refractivity contribution >= 4 is 27.7 Å².